The van der Waals surface area contributed by atoms with Crippen LogP contribution in [0.3, 0.4) is 0 Å². The Balaban J connectivity index is -0.0000000231. The summed E-state index contributed by atoms with van der Waals surface area (Å²) in [5, 5.41) is 26.0. The topological polar surface area (TPSA) is 120 Å². The van der Waals surface area contributed by atoms with Gasteiger partial charge in [-0.1, -0.05) is 0 Å². The van der Waals surface area contributed by atoms with Crippen LogP contribution in [0.15, 0.2) is 0 Å². The number of carbonyl (C=O) groups is 3. The Labute approximate surface area is 128 Å². The van der Waals surface area contributed by atoms with E-state index in [1.54, 1.807) is 0 Å². The Morgan fingerprint density at radius 3 is 1.08 bits per heavy atom. The zero-order valence-corrected chi connectivity index (χ0v) is 11.9. The van der Waals surface area contributed by atoms with Gasteiger partial charge in [-0.3, -0.25) is 0 Å². The first-order valence-electron chi connectivity index (χ1n) is 2.29. The van der Waals surface area contributed by atoms with E-state index in [2.05, 4.69) is 0 Å². The Bertz CT molecular complexity index is 108. The summed E-state index contributed by atoms with van der Waals surface area (Å²) in [4.78, 5) is 26.0. The van der Waals surface area contributed by atoms with Crippen molar-refractivity contribution in [3.05, 3.63) is 0 Å². The molecule has 13 heavy (non-hydrogen) atoms. The molecule has 0 aliphatic heterocycles. The Hall–Kier alpha value is 0.670. The number of rotatable bonds is 0. The van der Waals surface area contributed by atoms with E-state index < -0.39 is 18.4 Å². The van der Waals surface area contributed by atoms with E-state index in [4.69, 9.17) is 29.7 Å². The van der Waals surface area contributed by atoms with Crippen LogP contribution in [0.5, 0.6) is 0 Å². The van der Waals surface area contributed by atoms with Gasteiger partial charge >= 0.3 is 67.3 Å². The van der Waals surface area contributed by atoms with Crippen molar-refractivity contribution in [1.29, 1.82) is 0 Å². The molecule has 0 spiro atoms. The number of hydrogen-bond donors (Lipinski definition) is 0. The van der Waals surface area contributed by atoms with Crippen LogP contribution in [0.1, 0.15) is 13.8 Å². The van der Waals surface area contributed by atoms with E-state index in [1.807, 2.05) is 0 Å². The molecule has 0 saturated heterocycles. The van der Waals surface area contributed by atoms with E-state index >= 15 is 0 Å². The maximum absolute atomic E-state index is 8.89. The molecule has 0 aromatic heterocycles. The second kappa shape index (κ2) is 29.3. The molecule has 0 heterocycles. The fourth-order valence-corrected chi connectivity index (χ4v) is 0. The molecular formula is C5H7CaNaO6. The number of carboxylic acid groups (broad SMARTS) is 3. The fraction of sp³-hybridized carbons (Fsp3) is 0.400. The van der Waals surface area contributed by atoms with E-state index in [9.17, 15) is 0 Å². The van der Waals surface area contributed by atoms with Crippen molar-refractivity contribution in [2.75, 3.05) is 0 Å². The Morgan fingerprint density at radius 2 is 1.08 bits per heavy atom. The van der Waals surface area contributed by atoms with Gasteiger partial charge in [0.1, 0.15) is 0 Å². The molecule has 0 radical (unpaired) electrons. The van der Waals surface area contributed by atoms with E-state index in [0.29, 0.717) is 0 Å². The van der Waals surface area contributed by atoms with Gasteiger partial charge in [-0.05, 0) is 13.8 Å². The molecule has 0 saturated carbocycles. The molecule has 6 nitrogen and oxygen atoms in total. The third kappa shape index (κ3) is 3220. The summed E-state index contributed by atoms with van der Waals surface area (Å²) in [6, 6.07) is 0. The second-order valence-corrected chi connectivity index (χ2v) is 1.08. The molecule has 0 fully saturated rings. The van der Waals surface area contributed by atoms with Crippen LogP contribution in [-0.2, 0) is 14.4 Å². The summed E-state index contributed by atoms with van der Waals surface area (Å²) in [7, 11) is 0. The maximum Gasteiger partial charge on any atom is 2.00 e. The van der Waals surface area contributed by atoms with Crippen LogP contribution in [0.2, 0.25) is 0 Å². The molecule has 0 amide bonds. The minimum Gasteiger partial charge on any atom is -0.554 e. The van der Waals surface area contributed by atoms with Gasteiger partial charge in [-0.15, -0.1) is 0 Å². The predicted molar refractivity (Wildman–Crippen MR) is 33.2 cm³/mol. The van der Waals surface area contributed by atoms with Gasteiger partial charge in [0.2, 0.25) is 0 Å². The zero-order valence-electron chi connectivity index (χ0n) is 7.73. The monoisotopic (exact) mass is 226 g/mol. The summed E-state index contributed by atoms with van der Waals surface area (Å²) in [6.07, 6.45) is 0. The number of carbonyl (C=O) groups excluding carboxylic acids is 3. The van der Waals surface area contributed by atoms with Gasteiger partial charge in [-0.25, -0.2) is 0 Å². The van der Waals surface area contributed by atoms with Crippen LogP contribution in [0.4, 0.5) is 0 Å². The quantitative estimate of drug-likeness (QED) is 0.299. The minimum absolute atomic E-state index is 0. The minimum atomic E-state index is -1.08. The first-order valence-corrected chi connectivity index (χ1v) is 2.29. The zero-order chi connectivity index (χ0) is 9.86. The average Bonchev–Trinajstić information content (AvgIpc) is 1.60. The van der Waals surface area contributed by atoms with Gasteiger partial charge in [0.05, 0.1) is 0 Å². The third-order valence-corrected chi connectivity index (χ3v) is 0. The molecule has 0 N–H and O–H groups in total. The van der Waals surface area contributed by atoms with Crippen molar-refractivity contribution in [3.8, 4) is 0 Å². The first-order chi connectivity index (χ1) is 4.88. The molecule has 0 bridgehead atoms. The summed E-state index contributed by atoms with van der Waals surface area (Å²) in [6.45, 7) is 1.44. The van der Waals surface area contributed by atoms with Crippen LogP contribution < -0.4 is 44.9 Å². The molecule has 0 aliphatic carbocycles. The van der Waals surface area contributed by atoms with Crippen molar-refractivity contribution in [1.82, 2.24) is 0 Å². The van der Waals surface area contributed by atoms with Gasteiger partial charge in [-0.2, -0.15) is 0 Å². The first kappa shape index (κ1) is 29.2. The summed E-state index contributed by atoms with van der Waals surface area (Å²) in [5.74, 6) is -2.17. The van der Waals surface area contributed by atoms with Crippen molar-refractivity contribution < 1.29 is 59.3 Å². The van der Waals surface area contributed by atoms with Gasteiger partial charge in [0.25, 0.3) is 0 Å². The maximum atomic E-state index is 8.89. The number of carboxylic acids is 2. The molecule has 0 aromatic carbocycles. The predicted octanol–water partition coefficient (Wildman–Crippen LogP) is -7.50. The number of hydrogen-bond acceptors (Lipinski definition) is 6. The Morgan fingerprint density at radius 1 is 1.08 bits per heavy atom. The second-order valence-electron chi connectivity index (χ2n) is 1.08. The Kier molecular flexibility index (Phi) is 65.9. The third-order valence-electron chi connectivity index (χ3n) is 0. The largest absolute Gasteiger partial charge is 2.00 e. The molecule has 0 aromatic rings. The molecule has 8 heteroatoms. The van der Waals surface area contributed by atoms with Crippen LogP contribution in [-0.4, -0.2) is 56.1 Å². The summed E-state index contributed by atoms with van der Waals surface area (Å²) >= 11 is 0. The molecular weight excluding hydrogens is 219 g/mol. The number of aliphatic carboxylic acids is 2. The van der Waals surface area contributed by atoms with E-state index in [-0.39, 0.29) is 67.3 Å². The van der Waals surface area contributed by atoms with Crippen molar-refractivity contribution in [2.45, 2.75) is 13.8 Å². The fourth-order valence-electron chi connectivity index (χ4n) is 0. The molecule has 66 valence electrons. The van der Waals surface area contributed by atoms with Gasteiger partial charge < -0.3 is 29.7 Å². The van der Waals surface area contributed by atoms with Crippen LogP contribution in [0, 0.1) is 0 Å². The molecule has 0 unspecified atom stereocenters. The van der Waals surface area contributed by atoms with Crippen LogP contribution in [0.25, 0.3) is 0 Å². The summed E-state index contributed by atoms with van der Waals surface area (Å²) < 4.78 is 0. The average molecular weight is 226 g/mol. The molecule has 0 rings (SSSR count). The molecule has 0 aliphatic rings. The van der Waals surface area contributed by atoms with Gasteiger partial charge in [0, 0.05) is 18.4 Å². The smallest absolute Gasteiger partial charge is 0.554 e. The standard InChI is InChI=1S/2C2H4O2.CH2O2.Ca.Na/c2*1-2(3)4;2-1-3;;/h2*1H3,(H,3,4);1H,(H,2,3);;/q;;;+2;+1/p-3. The normalized spacial score (nSPS) is 4.77. The van der Waals surface area contributed by atoms with Crippen molar-refractivity contribution in [2.24, 2.45) is 0 Å². The van der Waals surface area contributed by atoms with Crippen molar-refractivity contribution in [3.63, 3.8) is 0 Å². The molecule has 0 atom stereocenters. The van der Waals surface area contributed by atoms with E-state index in [1.165, 1.54) is 0 Å². The summed E-state index contributed by atoms with van der Waals surface area (Å²) in [5.41, 5.74) is 0. The van der Waals surface area contributed by atoms with Crippen LogP contribution >= 0.6 is 0 Å². The SMILES string of the molecule is CC(=O)[O-].CC(=O)[O-].O=C[O-].[Ca+2].[Na+]. The van der Waals surface area contributed by atoms with Gasteiger partial charge in [0.15, 0.2) is 0 Å². The van der Waals surface area contributed by atoms with E-state index in [0.717, 1.165) is 13.8 Å². The van der Waals surface area contributed by atoms with Crippen molar-refractivity contribution >= 4 is 56.1 Å².